The monoisotopic (exact) mass is 223 g/mol. The lowest BCUT2D eigenvalue weighted by Crippen LogP contribution is -2.20. The minimum absolute atomic E-state index is 0.622. The second kappa shape index (κ2) is 3.81. The molecule has 15 heavy (non-hydrogen) atoms. The van der Waals surface area contributed by atoms with Crippen LogP contribution in [-0.2, 0) is 13.0 Å². The summed E-state index contributed by atoms with van der Waals surface area (Å²) in [4.78, 5) is 0. The summed E-state index contributed by atoms with van der Waals surface area (Å²) in [6, 6.07) is 0. The van der Waals surface area contributed by atoms with E-state index in [1.165, 1.54) is 36.7 Å². The van der Waals surface area contributed by atoms with Gasteiger partial charge in [-0.05, 0) is 30.9 Å². The summed E-state index contributed by atoms with van der Waals surface area (Å²) in [5.41, 5.74) is 0. The van der Waals surface area contributed by atoms with Crippen molar-refractivity contribution in [2.75, 3.05) is 5.75 Å². The number of rotatable bonds is 1. The maximum atomic E-state index is 4.41. The summed E-state index contributed by atoms with van der Waals surface area (Å²) < 4.78 is 2.39. The van der Waals surface area contributed by atoms with Crippen molar-refractivity contribution in [1.29, 1.82) is 0 Å². The lowest BCUT2D eigenvalue weighted by molar-refractivity contribution is 0.385. The Balaban J connectivity index is 1.92. The fourth-order valence-electron chi connectivity index (χ4n) is 2.53. The SMILES string of the molecule is CC1CCc2nnc(C3CCCS3)n2C1. The van der Waals surface area contributed by atoms with Crippen LogP contribution >= 0.6 is 11.8 Å². The third-order valence-electron chi connectivity index (χ3n) is 3.43. The highest BCUT2D eigenvalue weighted by Crippen LogP contribution is 2.39. The summed E-state index contributed by atoms with van der Waals surface area (Å²) in [5.74, 6) is 4.55. The van der Waals surface area contributed by atoms with Gasteiger partial charge in [0.05, 0.1) is 5.25 Å². The van der Waals surface area contributed by atoms with E-state index >= 15 is 0 Å². The molecule has 1 fully saturated rings. The van der Waals surface area contributed by atoms with Crippen molar-refractivity contribution in [3.8, 4) is 0 Å². The van der Waals surface area contributed by atoms with Crippen molar-refractivity contribution in [2.45, 2.75) is 44.4 Å². The van der Waals surface area contributed by atoms with Gasteiger partial charge in [-0.25, -0.2) is 0 Å². The van der Waals surface area contributed by atoms with Crippen molar-refractivity contribution < 1.29 is 0 Å². The van der Waals surface area contributed by atoms with Crippen LogP contribution in [0.5, 0.6) is 0 Å². The van der Waals surface area contributed by atoms with Gasteiger partial charge in [-0.15, -0.1) is 10.2 Å². The number of hydrogen-bond donors (Lipinski definition) is 0. The first-order valence-corrected chi connectivity index (χ1v) is 6.93. The van der Waals surface area contributed by atoms with Crippen molar-refractivity contribution in [3.63, 3.8) is 0 Å². The molecule has 0 aliphatic carbocycles. The molecule has 1 aromatic rings. The van der Waals surface area contributed by atoms with Crippen molar-refractivity contribution >= 4 is 11.8 Å². The number of thioether (sulfide) groups is 1. The Bertz CT molecular complexity index is 355. The van der Waals surface area contributed by atoms with Crippen molar-refractivity contribution in [3.05, 3.63) is 11.6 Å². The normalized spacial score (nSPS) is 30.5. The average Bonchev–Trinajstić information content (AvgIpc) is 2.83. The van der Waals surface area contributed by atoms with E-state index in [0.717, 1.165) is 18.9 Å². The summed E-state index contributed by atoms with van der Waals surface area (Å²) in [5, 5.41) is 9.36. The third kappa shape index (κ3) is 1.69. The molecule has 3 heterocycles. The summed E-state index contributed by atoms with van der Waals surface area (Å²) in [6.07, 6.45) is 5.02. The molecule has 4 heteroatoms. The molecule has 2 unspecified atom stereocenters. The number of nitrogens with zero attached hydrogens (tertiary/aromatic N) is 3. The molecule has 82 valence electrons. The van der Waals surface area contributed by atoms with Crippen molar-refractivity contribution in [2.24, 2.45) is 5.92 Å². The van der Waals surface area contributed by atoms with Crippen molar-refractivity contribution in [1.82, 2.24) is 14.8 Å². The predicted molar refractivity (Wildman–Crippen MR) is 61.9 cm³/mol. The van der Waals surface area contributed by atoms with Crippen LogP contribution in [0.3, 0.4) is 0 Å². The first kappa shape index (κ1) is 9.70. The number of hydrogen-bond acceptors (Lipinski definition) is 3. The molecular weight excluding hydrogens is 206 g/mol. The minimum Gasteiger partial charge on any atom is -0.314 e. The largest absolute Gasteiger partial charge is 0.314 e. The zero-order valence-electron chi connectivity index (χ0n) is 9.15. The fourth-order valence-corrected chi connectivity index (χ4v) is 3.81. The maximum absolute atomic E-state index is 4.41. The molecule has 2 atom stereocenters. The highest BCUT2D eigenvalue weighted by atomic mass is 32.2. The van der Waals surface area contributed by atoms with E-state index in [4.69, 9.17) is 0 Å². The molecular formula is C11H17N3S. The average molecular weight is 223 g/mol. The molecule has 0 radical (unpaired) electrons. The summed E-state index contributed by atoms with van der Waals surface area (Å²) >= 11 is 2.05. The topological polar surface area (TPSA) is 30.7 Å². The fraction of sp³-hybridized carbons (Fsp3) is 0.818. The molecule has 1 aromatic heterocycles. The van der Waals surface area contributed by atoms with E-state index in [1.807, 2.05) is 0 Å². The van der Waals surface area contributed by atoms with Crippen LogP contribution in [0.15, 0.2) is 0 Å². The zero-order valence-corrected chi connectivity index (χ0v) is 9.96. The van der Waals surface area contributed by atoms with Gasteiger partial charge in [0, 0.05) is 13.0 Å². The van der Waals surface area contributed by atoms with Crippen LogP contribution in [0.2, 0.25) is 0 Å². The van der Waals surface area contributed by atoms with Gasteiger partial charge in [0.2, 0.25) is 0 Å². The second-order valence-electron chi connectivity index (χ2n) is 4.73. The number of fused-ring (bicyclic) bond motifs is 1. The van der Waals surface area contributed by atoms with Crippen LogP contribution in [0.25, 0.3) is 0 Å². The first-order valence-electron chi connectivity index (χ1n) is 5.88. The van der Waals surface area contributed by atoms with Gasteiger partial charge < -0.3 is 4.57 Å². The Morgan fingerprint density at radius 2 is 2.27 bits per heavy atom. The van der Waals surface area contributed by atoms with E-state index in [2.05, 4.69) is 33.5 Å². The Kier molecular flexibility index (Phi) is 2.47. The summed E-state index contributed by atoms with van der Waals surface area (Å²) in [7, 11) is 0. The summed E-state index contributed by atoms with van der Waals surface area (Å²) in [6.45, 7) is 3.46. The standard InChI is InChI=1S/C11H17N3S/c1-8-4-5-10-12-13-11(14(10)7-8)9-3-2-6-15-9/h8-9H,2-7H2,1H3. The first-order chi connectivity index (χ1) is 7.34. The molecule has 3 rings (SSSR count). The van der Waals surface area contributed by atoms with Gasteiger partial charge in [0.25, 0.3) is 0 Å². The molecule has 0 aromatic carbocycles. The quantitative estimate of drug-likeness (QED) is 0.732. The molecule has 2 aliphatic heterocycles. The zero-order chi connectivity index (χ0) is 10.3. The van der Waals surface area contributed by atoms with E-state index in [1.54, 1.807) is 0 Å². The van der Waals surface area contributed by atoms with Crippen LogP contribution in [0, 0.1) is 5.92 Å². The van der Waals surface area contributed by atoms with Crippen LogP contribution < -0.4 is 0 Å². The van der Waals surface area contributed by atoms with Gasteiger partial charge in [-0.2, -0.15) is 11.8 Å². The lowest BCUT2D eigenvalue weighted by atomic mass is 10.0. The predicted octanol–water partition coefficient (Wildman–Crippen LogP) is 2.43. The molecule has 0 N–H and O–H groups in total. The van der Waals surface area contributed by atoms with Gasteiger partial charge in [-0.3, -0.25) is 0 Å². The number of aryl methyl sites for hydroxylation is 1. The van der Waals surface area contributed by atoms with Crippen LogP contribution in [0.4, 0.5) is 0 Å². The molecule has 0 spiro atoms. The maximum Gasteiger partial charge on any atom is 0.146 e. The van der Waals surface area contributed by atoms with Gasteiger partial charge in [-0.1, -0.05) is 6.92 Å². The Morgan fingerprint density at radius 3 is 3.07 bits per heavy atom. The minimum atomic E-state index is 0.622. The van der Waals surface area contributed by atoms with E-state index in [0.29, 0.717) is 5.25 Å². The molecule has 0 saturated carbocycles. The Labute approximate surface area is 94.7 Å². The van der Waals surface area contributed by atoms with E-state index in [9.17, 15) is 0 Å². The molecule has 0 amide bonds. The Morgan fingerprint density at radius 1 is 1.33 bits per heavy atom. The highest BCUT2D eigenvalue weighted by molar-refractivity contribution is 7.99. The molecule has 2 aliphatic rings. The van der Waals surface area contributed by atoms with E-state index < -0.39 is 0 Å². The molecule has 1 saturated heterocycles. The highest BCUT2D eigenvalue weighted by Gasteiger charge is 2.27. The smallest absolute Gasteiger partial charge is 0.146 e. The Hall–Kier alpha value is -0.510. The number of aromatic nitrogens is 3. The van der Waals surface area contributed by atoms with Gasteiger partial charge in [0.15, 0.2) is 0 Å². The van der Waals surface area contributed by atoms with Gasteiger partial charge >= 0.3 is 0 Å². The lowest BCUT2D eigenvalue weighted by Gasteiger charge is -2.22. The molecule has 0 bridgehead atoms. The van der Waals surface area contributed by atoms with Crippen LogP contribution in [-0.4, -0.2) is 20.5 Å². The molecule has 3 nitrogen and oxygen atoms in total. The van der Waals surface area contributed by atoms with E-state index in [-0.39, 0.29) is 0 Å². The second-order valence-corrected chi connectivity index (χ2v) is 6.04. The van der Waals surface area contributed by atoms with Gasteiger partial charge in [0.1, 0.15) is 11.6 Å². The van der Waals surface area contributed by atoms with Crippen LogP contribution in [0.1, 0.15) is 43.1 Å². The third-order valence-corrected chi connectivity index (χ3v) is 4.80.